The van der Waals surface area contributed by atoms with E-state index < -0.39 is 5.97 Å². The smallest absolute Gasteiger partial charge is 0.303 e. The van der Waals surface area contributed by atoms with Crippen LogP contribution in [0, 0.1) is 11.8 Å². The summed E-state index contributed by atoms with van der Waals surface area (Å²) in [7, 11) is 0. The normalized spacial score (nSPS) is 19.9. The summed E-state index contributed by atoms with van der Waals surface area (Å²) < 4.78 is 0. The molecule has 1 aliphatic carbocycles. The Hall–Kier alpha value is -1.97. The quantitative estimate of drug-likeness (QED) is 0.468. The van der Waals surface area contributed by atoms with E-state index in [1.165, 1.54) is 0 Å². The van der Waals surface area contributed by atoms with Gasteiger partial charge in [-0.25, -0.2) is 0 Å². The Morgan fingerprint density at radius 3 is 2.40 bits per heavy atom. The number of carbonyl (C=O) groups excluding carboxylic acids is 2. The number of rotatable bonds is 11. The van der Waals surface area contributed by atoms with Crippen molar-refractivity contribution in [1.82, 2.24) is 0 Å². The third kappa shape index (κ3) is 6.45. The van der Waals surface area contributed by atoms with Crippen molar-refractivity contribution in [3.8, 4) is 0 Å². The molecule has 0 heterocycles. The zero-order valence-electron chi connectivity index (χ0n) is 14.8. The molecular weight excluding hydrogens is 316 g/mol. The highest BCUT2D eigenvalue weighted by atomic mass is 16.4. The molecule has 0 aromatic heterocycles. The summed E-state index contributed by atoms with van der Waals surface area (Å²) in [5.74, 6) is 0.200. The molecule has 0 amide bonds. The van der Waals surface area contributed by atoms with E-state index >= 15 is 0 Å². The molecule has 2 atom stereocenters. The van der Waals surface area contributed by atoms with E-state index in [2.05, 4.69) is 0 Å². The molecule has 1 aromatic rings. The molecule has 2 rings (SSSR count). The fraction of sp³-hybridized carbons (Fsp3) is 0.571. The minimum absolute atomic E-state index is 0.100. The van der Waals surface area contributed by atoms with Gasteiger partial charge in [0.2, 0.25) is 0 Å². The van der Waals surface area contributed by atoms with Gasteiger partial charge in [0.05, 0.1) is 0 Å². The van der Waals surface area contributed by atoms with Crippen LogP contribution in [0.2, 0.25) is 0 Å². The number of carboxylic acid groups (broad SMARTS) is 1. The van der Waals surface area contributed by atoms with Crippen molar-refractivity contribution >= 4 is 17.5 Å². The van der Waals surface area contributed by atoms with Crippen LogP contribution in [-0.2, 0) is 9.59 Å². The maximum Gasteiger partial charge on any atom is 0.303 e. The molecule has 136 valence electrons. The SMILES string of the molecule is O=C(O)CCCCCC[C@H]1C(=O)CC[C@@H]1CCC(=O)c1ccccc1. The Kier molecular flexibility index (Phi) is 7.83. The number of benzene rings is 1. The van der Waals surface area contributed by atoms with Gasteiger partial charge in [-0.05, 0) is 31.6 Å². The number of unbranched alkanes of at least 4 members (excludes halogenated alkanes) is 3. The largest absolute Gasteiger partial charge is 0.481 e. The molecule has 1 N–H and O–H groups in total. The van der Waals surface area contributed by atoms with Gasteiger partial charge in [0.1, 0.15) is 5.78 Å². The highest BCUT2D eigenvalue weighted by Gasteiger charge is 2.33. The van der Waals surface area contributed by atoms with Gasteiger partial charge in [-0.15, -0.1) is 0 Å². The van der Waals surface area contributed by atoms with Gasteiger partial charge in [0, 0.05) is 30.7 Å². The lowest BCUT2D eigenvalue weighted by atomic mass is 9.86. The van der Waals surface area contributed by atoms with Crippen molar-refractivity contribution in [1.29, 1.82) is 0 Å². The minimum atomic E-state index is -0.742. The molecule has 1 fully saturated rings. The van der Waals surface area contributed by atoms with Gasteiger partial charge in [0.25, 0.3) is 0 Å². The summed E-state index contributed by atoms with van der Waals surface area (Å²) in [6.45, 7) is 0. The van der Waals surface area contributed by atoms with E-state index in [0.29, 0.717) is 31.0 Å². The predicted octanol–water partition coefficient (Wildman–Crippen LogP) is 4.67. The summed E-state index contributed by atoms with van der Waals surface area (Å²) >= 11 is 0. The van der Waals surface area contributed by atoms with Crippen LogP contribution < -0.4 is 0 Å². The molecule has 1 aromatic carbocycles. The fourth-order valence-corrected chi connectivity index (χ4v) is 3.80. The van der Waals surface area contributed by atoms with Crippen LogP contribution >= 0.6 is 0 Å². The van der Waals surface area contributed by atoms with Gasteiger partial charge < -0.3 is 5.11 Å². The monoisotopic (exact) mass is 344 g/mol. The van der Waals surface area contributed by atoms with Crippen molar-refractivity contribution in [3.05, 3.63) is 35.9 Å². The highest BCUT2D eigenvalue weighted by Crippen LogP contribution is 2.36. The maximum atomic E-state index is 12.2. The Balaban J connectivity index is 1.71. The lowest BCUT2D eigenvalue weighted by Crippen LogP contribution is -2.16. The third-order valence-electron chi connectivity index (χ3n) is 5.24. The van der Waals surface area contributed by atoms with E-state index in [9.17, 15) is 14.4 Å². The lowest BCUT2D eigenvalue weighted by Gasteiger charge is -2.18. The van der Waals surface area contributed by atoms with Crippen molar-refractivity contribution in [3.63, 3.8) is 0 Å². The number of hydrogen-bond acceptors (Lipinski definition) is 3. The molecular formula is C21H28O4. The van der Waals surface area contributed by atoms with E-state index in [0.717, 1.165) is 44.1 Å². The zero-order chi connectivity index (χ0) is 18.1. The average molecular weight is 344 g/mol. The molecule has 1 aliphatic rings. The Morgan fingerprint density at radius 2 is 1.68 bits per heavy atom. The van der Waals surface area contributed by atoms with E-state index in [4.69, 9.17) is 5.11 Å². The number of ketones is 2. The lowest BCUT2D eigenvalue weighted by molar-refractivity contribution is -0.137. The second-order valence-corrected chi connectivity index (χ2v) is 7.05. The average Bonchev–Trinajstić information content (AvgIpc) is 2.96. The molecule has 0 unspecified atom stereocenters. The summed E-state index contributed by atoms with van der Waals surface area (Å²) in [4.78, 5) is 34.9. The van der Waals surface area contributed by atoms with Gasteiger partial charge in [-0.1, -0.05) is 49.6 Å². The molecule has 0 aliphatic heterocycles. The maximum absolute atomic E-state index is 12.2. The van der Waals surface area contributed by atoms with Crippen LogP contribution in [0.15, 0.2) is 30.3 Å². The summed E-state index contributed by atoms with van der Waals surface area (Å²) in [6.07, 6.45) is 7.54. The molecule has 0 saturated heterocycles. The van der Waals surface area contributed by atoms with Gasteiger partial charge in [-0.3, -0.25) is 14.4 Å². The van der Waals surface area contributed by atoms with Crippen LogP contribution in [0.5, 0.6) is 0 Å². The molecule has 4 nitrogen and oxygen atoms in total. The zero-order valence-corrected chi connectivity index (χ0v) is 14.8. The Morgan fingerprint density at radius 1 is 0.960 bits per heavy atom. The molecule has 0 radical (unpaired) electrons. The first-order valence-electron chi connectivity index (χ1n) is 9.40. The molecule has 0 spiro atoms. The Labute approximate surface area is 149 Å². The van der Waals surface area contributed by atoms with E-state index in [-0.39, 0.29) is 18.1 Å². The van der Waals surface area contributed by atoms with Crippen LogP contribution in [0.3, 0.4) is 0 Å². The first-order chi connectivity index (χ1) is 12.1. The van der Waals surface area contributed by atoms with E-state index in [1.807, 2.05) is 30.3 Å². The first-order valence-corrected chi connectivity index (χ1v) is 9.40. The molecule has 0 bridgehead atoms. The minimum Gasteiger partial charge on any atom is -0.481 e. The van der Waals surface area contributed by atoms with Crippen LogP contribution in [0.25, 0.3) is 0 Å². The van der Waals surface area contributed by atoms with Crippen LogP contribution in [0.1, 0.15) is 74.6 Å². The summed E-state index contributed by atoms with van der Waals surface area (Å²) in [5.41, 5.74) is 0.752. The number of carbonyl (C=O) groups is 3. The molecule has 1 saturated carbocycles. The first kappa shape index (κ1) is 19.4. The standard InChI is InChI=1S/C21H28O4/c22-19(17-8-4-3-5-9-17)14-12-16-13-15-20(23)18(16)10-6-1-2-7-11-21(24)25/h3-5,8-9,16,18H,1-2,6-7,10-15H2,(H,24,25)/t16-,18+/m0/s1. The number of carboxylic acids is 1. The fourth-order valence-electron chi connectivity index (χ4n) is 3.80. The van der Waals surface area contributed by atoms with Crippen LogP contribution in [0.4, 0.5) is 0 Å². The topological polar surface area (TPSA) is 71.4 Å². The predicted molar refractivity (Wildman–Crippen MR) is 96.6 cm³/mol. The number of aliphatic carboxylic acids is 1. The van der Waals surface area contributed by atoms with Crippen molar-refractivity contribution in [2.24, 2.45) is 11.8 Å². The van der Waals surface area contributed by atoms with Crippen LogP contribution in [-0.4, -0.2) is 22.6 Å². The van der Waals surface area contributed by atoms with E-state index in [1.54, 1.807) is 0 Å². The highest BCUT2D eigenvalue weighted by molar-refractivity contribution is 5.96. The third-order valence-corrected chi connectivity index (χ3v) is 5.24. The summed E-state index contributed by atoms with van der Waals surface area (Å²) in [6, 6.07) is 9.34. The van der Waals surface area contributed by atoms with Gasteiger partial charge in [0.15, 0.2) is 5.78 Å². The van der Waals surface area contributed by atoms with Crippen molar-refractivity contribution in [2.45, 2.75) is 64.2 Å². The Bertz CT molecular complexity index is 579. The van der Waals surface area contributed by atoms with Gasteiger partial charge >= 0.3 is 5.97 Å². The van der Waals surface area contributed by atoms with Crippen molar-refractivity contribution < 1.29 is 19.5 Å². The number of Topliss-reactive ketones (excluding diaryl/α,β-unsaturated/α-hetero) is 2. The second-order valence-electron chi connectivity index (χ2n) is 7.05. The van der Waals surface area contributed by atoms with Gasteiger partial charge in [-0.2, -0.15) is 0 Å². The second kappa shape index (κ2) is 10.1. The molecule has 4 heteroatoms. The summed E-state index contributed by atoms with van der Waals surface area (Å²) in [5, 5.41) is 8.63. The number of hydrogen-bond donors (Lipinski definition) is 1. The molecule has 25 heavy (non-hydrogen) atoms. The van der Waals surface area contributed by atoms with Crippen molar-refractivity contribution in [2.75, 3.05) is 0 Å².